The fourth-order valence-corrected chi connectivity index (χ4v) is 6.90. The second-order valence-electron chi connectivity index (χ2n) is 9.33. The fourth-order valence-electron chi connectivity index (χ4n) is 4.36. The van der Waals surface area contributed by atoms with Crippen molar-refractivity contribution in [2.45, 2.75) is 115 Å². The van der Waals surface area contributed by atoms with E-state index in [0.717, 1.165) is 32.2 Å². The predicted octanol–water partition coefficient (Wildman–Crippen LogP) is 6.14. The van der Waals surface area contributed by atoms with Gasteiger partial charge in [-0.05, 0) is 18.8 Å². The highest BCUT2D eigenvalue weighted by molar-refractivity contribution is 7.70. The maximum atomic E-state index is 11.6. The van der Waals surface area contributed by atoms with E-state index in [2.05, 4.69) is 11.5 Å². The van der Waals surface area contributed by atoms with Gasteiger partial charge < -0.3 is 19.6 Å². The van der Waals surface area contributed by atoms with Crippen molar-refractivity contribution in [2.24, 2.45) is 5.92 Å². The van der Waals surface area contributed by atoms with Crippen molar-refractivity contribution in [3.8, 4) is 0 Å². The summed E-state index contributed by atoms with van der Waals surface area (Å²) in [5, 5.41) is -1.89. The van der Waals surface area contributed by atoms with Gasteiger partial charge in [-0.1, -0.05) is 90.0 Å². The molecule has 0 amide bonds. The van der Waals surface area contributed by atoms with Crippen LogP contribution in [0, 0.1) is 5.92 Å². The van der Waals surface area contributed by atoms with E-state index in [1.165, 1.54) is 57.8 Å². The molecule has 1 atom stereocenters. The number of unbranched alkanes of at least 4 members (excludes halogenated alkanes) is 10. The van der Waals surface area contributed by atoms with E-state index in [1.807, 2.05) is 30.6 Å². The maximum Gasteiger partial charge on any atom is 0.340 e. The summed E-state index contributed by atoms with van der Waals surface area (Å²) < 4.78 is 25.3. The molecule has 0 bridgehead atoms. The second kappa shape index (κ2) is 17.0. The van der Waals surface area contributed by atoms with Crippen LogP contribution in [0.15, 0.2) is 30.6 Å². The van der Waals surface area contributed by atoms with Crippen molar-refractivity contribution >= 4 is 15.2 Å². The van der Waals surface area contributed by atoms with Gasteiger partial charge >= 0.3 is 15.2 Å². The Bertz CT molecular complexity index is 684. The van der Waals surface area contributed by atoms with Crippen molar-refractivity contribution in [1.82, 2.24) is 0 Å². The Morgan fingerprint density at radius 1 is 0.636 bits per heavy atom. The minimum atomic E-state index is -4.86. The summed E-state index contributed by atoms with van der Waals surface area (Å²) in [5.41, 5.74) is 0. The van der Waals surface area contributed by atoms with Crippen molar-refractivity contribution < 1.29 is 33.3 Å². The van der Waals surface area contributed by atoms with E-state index in [9.17, 15) is 28.7 Å². The molecule has 7 nitrogen and oxygen atoms in total. The molecule has 4 N–H and O–H groups in total. The molecule has 9 heteroatoms. The quantitative estimate of drug-likeness (QED) is 0.0958. The van der Waals surface area contributed by atoms with Gasteiger partial charge in [0.1, 0.15) is 6.54 Å². The normalized spacial score (nSPS) is 13.5. The minimum absolute atomic E-state index is 0.156. The van der Waals surface area contributed by atoms with Crippen LogP contribution in [0.2, 0.25) is 0 Å². The van der Waals surface area contributed by atoms with E-state index in [4.69, 9.17) is 0 Å². The smallest absolute Gasteiger partial charge is 0.324 e. The standard InChI is InChI=1S/C24H45NO6P2/c1-2-3-4-5-6-7-8-9-10-11-13-16-23(19-22-25-20-14-12-15-21-25)17-18-24(32(26,27)28)33(29,30)31/h12,14-15,20-21,23-24H,2-11,13,16-19,22H2,1H3,(H3-,26,27,28,29,30,31)/p+1. The first-order chi connectivity index (χ1) is 15.6. The monoisotopic (exact) mass is 506 g/mol. The number of pyridine rings is 1. The molecule has 0 aromatic carbocycles. The third-order valence-electron chi connectivity index (χ3n) is 6.40. The molecule has 33 heavy (non-hydrogen) atoms. The molecule has 1 aromatic rings. The average molecular weight is 507 g/mol. The van der Waals surface area contributed by atoms with Crippen molar-refractivity contribution in [3.63, 3.8) is 0 Å². The lowest BCUT2D eigenvalue weighted by atomic mass is 9.92. The van der Waals surface area contributed by atoms with Crippen molar-refractivity contribution in [2.75, 3.05) is 0 Å². The lowest BCUT2D eigenvalue weighted by Gasteiger charge is -2.22. The summed E-state index contributed by atoms with van der Waals surface area (Å²) in [6, 6.07) is 5.86. The molecular weight excluding hydrogens is 460 g/mol. The molecule has 0 aliphatic rings. The van der Waals surface area contributed by atoms with Crippen LogP contribution in [0.1, 0.15) is 103 Å². The van der Waals surface area contributed by atoms with Crippen LogP contribution in [0.25, 0.3) is 0 Å². The largest absolute Gasteiger partial charge is 0.340 e. The van der Waals surface area contributed by atoms with E-state index < -0.39 is 20.6 Å². The molecule has 1 rings (SSSR count). The number of aromatic nitrogens is 1. The van der Waals surface area contributed by atoms with Gasteiger partial charge in [-0.15, -0.1) is 0 Å². The number of hydrogen-bond donors (Lipinski definition) is 4. The molecule has 0 saturated heterocycles. The molecule has 0 saturated carbocycles. The maximum absolute atomic E-state index is 11.6. The Balaban J connectivity index is 2.42. The van der Waals surface area contributed by atoms with Gasteiger partial charge in [-0.2, -0.15) is 0 Å². The Kier molecular flexibility index (Phi) is 15.7. The first kappa shape index (κ1) is 30.5. The number of hydrogen-bond acceptors (Lipinski definition) is 2. The summed E-state index contributed by atoms with van der Waals surface area (Å²) >= 11 is 0. The molecular formula is C24H46NO6P2+. The number of aryl methyl sites for hydroxylation is 1. The zero-order valence-corrected chi connectivity index (χ0v) is 22.1. The Morgan fingerprint density at radius 3 is 1.61 bits per heavy atom. The van der Waals surface area contributed by atoms with E-state index in [1.54, 1.807) is 0 Å². The fraction of sp³-hybridized carbons (Fsp3) is 0.792. The van der Waals surface area contributed by atoms with Crippen LogP contribution in [-0.2, 0) is 15.7 Å². The van der Waals surface area contributed by atoms with E-state index >= 15 is 0 Å². The van der Waals surface area contributed by atoms with Gasteiger partial charge in [-0.3, -0.25) is 9.13 Å². The number of rotatable bonds is 20. The number of nitrogens with zero attached hydrogens (tertiary/aromatic N) is 1. The molecule has 0 radical (unpaired) electrons. The molecule has 192 valence electrons. The molecule has 0 aliphatic carbocycles. The van der Waals surface area contributed by atoms with Gasteiger partial charge in [0.2, 0.25) is 0 Å². The zero-order chi connectivity index (χ0) is 24.6. The lowest BCUT2D eigenvalue weighted by Crippen LogP contribution is -2.33. The third-order valence-corrected chi connectivity index (χ3v) is 10.3. The van der Waals surface area contributed by atoms with Gasteiger partial charge in [0.25, 0.3) is 0 Å². The van der Waals surface area contributed by atoms with Crippen LogP contribution < -0.4 is 4.57 Å². The molecule has 0 fully saturated rings. The first-order valence-electron chi connectivity index (χ1n) is 12.7. The second-order valence-corrected chi connectivity index (χ2v) is 13.3. The SMILES string of the molecule is CCCCCCCCCCCCCC(CCC(P(=O)(O)O)P(=O)(O)O)CC[n+]1ccccc1. The average Bonchev–Trinajstić information content (AvgIpc) is 2.74. The predicted molar refractivity (Wildman–Crippen MR) is 133 cm³/mol. The van der Waals surface area contributed by atoms with Gasteiger partial charge in [0.15, 0.2) is 17.8 Å². The highest BCUT2D eigenvalue weighted by Gasteiger charge is 2.43. The molecule has 1 aromatic heterocycles. The van der Waals surface area contributed by atoms with Gasteiger partial charge in [0, 0.05) is 18.6 Å². The summed E-state index contributed by atoms with van der Waals surface area (Å²) in [6.07, 6.45) is 19.8. The van der Waals surface area contributed by atoms with Gasteiger partial charge in [0.05, 0.1) is 0 Å². The highest BCUT2D eigenvalue weighted by atomic mass is 31.2. The minimum Gasteiger partial charge on any atom is -0.324 e. The molecule has 0 aliphatic heterocycles. The van der Waals surface area contributed by atoms with Gasteiger partial charge in [-0.25, -0.2) is 4.57 Å². The third kappa shape index (κ3) is 15.1. The summed E-state index contributed by atoms with van der Waals surface area (Å²) in [7, 11) is -9.71. The van der Waals surface area contributed by atoms with Crippen LogP contribution in [0.5, 0.6) is 0 Å². The Hall–Kier alpha value is -0.550. The molecule has 1 heterocycles. The van der Waals surface area contributed by atoms with Crippen LogP contribution >= 0.6 is 15.2 Å². The van der Waals surface area contributed by atoms with Crippen LogP contribution in [0.3, 0.4) is 0 Å². The van der Waals surface area contributed by atoms with E-state index in [0.29, 0.717) is 6.42 Å². The van der Waals surface area contributed by atoms with Crippen molar-refractivity contribution in [3.05, 3.63) is 30.6 Å². The summed E-state index contributed by atoms with van der Waals surface area (Å²) in [5.74, 6) is 0.178. The Morgan fingerprint density at radius 2 is 1.12 bits per heavy atom. The highest BCUT2D eigenvalue weighted by Crippen LogP contribution is 2.61. The van der Waals surface area contributed by atoms with Crippen LogP contribution in [-0.4, -0.2) is 25.0 Å². The first-order valence-corrected chi connectivity index (χ1v) is 16.1. The summed E-state index contributed by atoms with van der Waals surface area (Å²) in [6.45, 7) is 3.01. The Labute approximate surface area is 200 Å². The topological polar surface area (TPSA) is 119 Å². The molecule has 1 unspecified atom stereocenters. The van der Waals surface area contributed by atoms with E-state index in [-0.39, 0.29) is 12.3 Å². The summed E-state index contributed by atoms with van der Waals surface area (Å²) in [4.78, 5) is 37.7. The molecule has 0 spiro atoms. The van der Waals surface area contributed by atoms with Crippen molar-refractivity contribution in [1.29, 1.82) is 0 Å². The zero-order valence-electron chi connectivity index (χ0n) is 20.3. The lowest BCUT2D eigenvalue weighted by molar-refractivity contribution is -0.698. The van der Waals surface area contributed by atoms with Crippen LogP contribution in [0.4, 0.5) is 0 Å².